The maximum atomic E-state index is 12.3. The highest BCUT2D eigenvalue weighted by Gasteiger charge is 2.22. The number of hydrogen-bond acceptors (Lipinski definition) is 4. The minimum absolute atomic E-state index is 0.0480. The Labute approximate surface area is 152 Å². The van der Waals surface area contributed by atoms with Crippen LogP contribution in [0.15, 0.2) is 52.9 Å². The number of nitrogens with one attached hydrogen (secondary N) is 1. The molecule has 4 rings (SSSR count). The van der Waals surface area contributed by atoms with E-state index in [-0.39, 0.29) is 6.03 Å². The molecule has 6 nitrogen and oxygen atoms in total. The van der Waals surface area contributed by atoms with E-state index >= 15 is 0 Å². The van der Waals surface area contributed by atoms with Crippen molar-refractivity contribution in [2.45, 2.75) is 13.5 Å². The standard InChI is InChI=1S/C20H22N4O2/c1-15-7-8-18-17(13-15)22-19(26-18)14-23-9-11-24(12-10-23)20(25)21-16-5-3-2-4-6-16/h2-8,13H,9-12,14H2,1H3,(H,21,25). The highest BCUT2D eigenvalue weighted by atomic mass is 16.3. The second-order valence-corrected chi connectivity index (χ2v) is 6.64. The number of aromatic nitrogens is 1. The van der Waals surface area contributed by atoms with Crippen LogP contribution in [0.3, 0.4) is 0 Å². The number of piperazine rings is 1. The molecule has 0 unspecified atom stereocenters. The highest BCUT2D eigenvalue weighted by Crippen LogP contribution is 2.18. The summed E-state index contributed by atoms with van der Waals surface area (Å²) in [6.07, 6.45) is 0. The molecule has 26 heavy (non-hydrogen) atoms. The van der Waals surface area contributed by atoms with Crippen LogP contribution >= 0.6 is 0 Å². The van der Waals surface area contributed by atoms with Gasteiger partial charge in [-0.3, -0.25) is 4.90 Å². The summed E-state index contributed by atoms with van der Waals surface area (Å²) < 4.78 is 5.83. The van der Waals surface area contributed by atoms with Crippen LogP contribution in [0.2, 0.25) is 0 Å². The van der Waals surface area contributed by atoms with Gasteiger partial charge in [0.15, 0.2) is 5.58 Å². The molecule has 0 saturated carbocycles. The number of aryl methyl sites for hydroxylation is 1. The topological polar surface area (TPSA) is 61.6 Å². The smallest absolute Gasteiger partial charge is 0.321 e. The van der Waals surface area contributed by atoms with Gasteiger partial charge in [-0.1, -0.05) is 24.3 Å². The van der Waals surface area contributed by atoms with Crippen LogP contribution < -0.4 is 5.32 Å². The number of urea groups is 1. The highest BCUT2D eigenvalue weighted by molar-refractivity contribution is 5.89. The second kappa shape index (κ2) is 7.17. The minimum Gasteiger partial charge on any atom is -0.439 e. The van der Waals surface area contributed by atoms with Crippen LogP contribution in [0.4, 0.5) is 10.5 Å². The zero-order chi connectivity index (χ0) is 17.9. The number of carbonyl (C=O) groups excluding carboxylic acids is 1. The summed E-state index contributed by atoms with van der Waals surface area (Å²) in [5, 5.41) is 2.94. The molecule has 1 aliphatic heterocycles. The number of anilines is 1. The van der Waals surface area contributed by atoms with E-state index in [0.29, 0.717) is 19.6 Å². The molecule has 0 aliphatic carbocycles. The van der Waals surface area contributed by atoms with Gasteiger partial charge >= 0.3 is 6.03 Å². The van der Waals surface area contributed by atoms with E-state index in [1.165, 1.54) is 5.56 Å². The Hall–Kier alpha value is -2.86. The number of nitrogens with zero attached hydrogens (tertiary/aromatic N) is 3. The van der Waals surface area contributed by atoms with Crippen molar-refractivity contribution in [3.63, 3.8) is 0 Å². The fourth-order valence-corrected chi connectivity index (χ4v) is 3.18. The predicted octanol–water partition coefficient (Wildman–Crippen LogP) is 3.49. The lowest BCUT2D eigenvalue weighted by Gasteiger charge is -2.33. The number of amides is 2. The molecule has 2 amide bonds. The van der Waals surface area contributed by atoms with Gasteiger partial charge in [-0.15, -0.1) is 0 Å². The van der Waals surface area contributed by atoms with Gasteiger partial charge in [0.1, 0.15) is 5.52 Å². The summed E-state index contributed by atoms with van der Waals surface area (Å²) >= 11 is 0. The van der Waals surface area contributed by atoms with Crippen molar-refractivity contribution in [2.24, 2.45) is 0 Å². The average molecular weight is 350 g/mol. The Bertz CT molecular complexity index is 899. The second-order valence-electron chi connectivity index (χ2n) is 6.64. The van der Waals surface area contributed by atoms with E-state index in [1.54, 1.807) is 0 Å². The number of hydrogen-bond donors (Lipinski definition) is 1. The lowest BCUT2D eigenvalue weighted by atomic mass is 10.2. The summed E-state index contributed by atoms with van der Waals surface area (Å²) in [4.78, 5) is 21.0. The minimum atomic E-state index is -0.0480. The predicted molar refractivity (Wildman–Crippen MR) is 101 cm³/mol. The number of rotatable bonds is 3. The van der Waals surface area contributed by atoms with Crippen molar-refractivity contribution in [1.82, 2.24) is 14.8 Å². The van der Waals surface area contributed by atoms with Gasteiger partial charge in [0.05, 0.1) is 6.54 Å². The molecular formula is C20H22N4O2. The van der Waals surface area contributed by atoms with Crippen molar-refractivity contribution >= 4 is 22.8 Å². The van der Waals surface area contributed by atoms with Gasteiger partial charge in [-0.25, -0.2) is 9.78 Å². The summed E-state index contributed by atoms with van der Waals surface area (Å²) in [6, 6.07) is 15.5. The number of oxazole rings is 1. The normalized spacial score (nSPS) is 15.3. The maximum absolute atomic E-state index is 12.3. The van der Waals surface area contributed by atoms with Crippen molar-refractivity contribution in [3.8, 4) is 0 Å². The summed E-state index contributed by atoms with van der Waals surface area (Å²) in [5.41, 5.74) is 3.73. The Morgan fingerprint density at radius 3 is 2.65 bits per heavy atom. The van der Waals surface area contributed by atoms with Crippen LogP contribution in [0.1, 0.15) is 11.5 Å². The molecule has 1 aromatic heterocycles. The van der Waals surface area contributed by atoms with E-state index in [9.17, 15) is 4.79 Å². The van der Waals surface area contributed by atoms with Crippen LogP contribution in [0.25, 0.3) is 11.1 Å². The first kappa shape index (κ1) is 16.6. The molecule has 0 spiro atoms. The SMILES string of the molecule is Cc1ccc2oc(CN3CCN(C(=O)Nc4ccccc4)CC3)nc2c1. The van der Waals surface area contributed by atoms with Crippen LogP contribution in [0, 0.1) is 6.92 Å². The summed E-state index contributed by atoms with van der Waals surface area (Å²) in [6.45, 7) is 5.71. The number of para-hydroxylation sites is 1. The van der Waals surface area contributed by atoms with Crippen LogP contribution in [0.5, 0.6) is 0 Å². The van der Waals surface area contributed by atoms with Gasteiger partial charge in [-0.05, 0) is 36.8 Å². The van der Waals surface area contributed by atoms with Crippen LogP contribution in [-0.2, 0) is 6.54 Å². The molecule has 3 aromatic rings. The number of carbonyl (C=O) groups is 1. The summed E-state index contributed by atoms with van der Waals surface area (Å²) in [7, 11) is 0. The molecule has 6 heteroatoms. The Balaban J connectivity index is 1.32. The Morgan fingerprint density at radius 2 is 1.88 bits per heavy atom. The Kier molecular flexibility index (Phi) is 4.58. The molecule has 134 valence electrons. The first-order chi connectivity index (χ1) is 12.7. The van der Waals surface area contributed by atoms with Crippen molar-refractivity contribution < 1.29 is 9.21 Å². The molecule has 0 atom stereocenters. The molecule has 1 N–H and O–H groups in total. The first-order valence-corrected chi connectivity index (χ1v) is 8.87. The number of benzene rings is 2. The molecule has 2 aromatic carbocycles. The van der Waals surface area contributed by atoms with Crippen molar-refractivity contribution in [3.05, 3.63) is 60.0 Å². The van der Waals surface area contributed by atoms with E-state index in [4.69, 9.17) is 4.42 Å². The van der Waals surface area contributed by atoms with E-state index in [0.717, 1.165) is 35.8 Å². The lowest BCUT2D eigenvalue weighted by Crippen LogP contribution is -2.49. The molecule has 1 fully saturated rings. The third-order valence-electron chi connectivity index (χ3n) is 4.63. The molecule has 1 saturated heterocycles. The maximum Gasteiger partial charge on any atom is 0.321 e. The zero-order valence-electron chi connectivity index (χ0n) is 14.8. The van der Waals surface area contributed by atoms with Crippen molar-refractivity contribution in [1.29, 1.82) is 0 Å². The molecule has 2 heterocycles. The first-order valence-electron chi connectivity index (χ1n) is 8.87. The van der Waals surface area contributed by atoms with Gasteiger partial charge in [0.25, 0.3) is 0 Å². The van der Waals surface area contributed by atoms with E-state index in [2.05, 4.69) is 15.2 Å². The quantitative estimate of drug-likeness (QED) is 0.785. The average Bonchev–Trinajstić information content (AvgIpc) is 3.04. The van der Waals surface area contributed by atoms with Crippen molar-refractivity contribution in [2.75, 3.05) is 31.5 Å². The van der Waals surface area contributed by atoms with Gasteiger partial charge < -0.3 is 14.6 Å². The Morgan fingerprint density at radius 1 is 1.12 bits per heavy atom. The van der Waals surface area contributed by atoms with Gasteiger partial charge in [0, 0.05) is 31.9 Å². The number of fused-ring (bicyclic) bond motifs is 1. The zero-order valence-corrected chi connectivity index (χ0v) is 14.8. The van der Waals surface area contributed by atoms with E-state index in [1.807, 2.05) is 60.4 Å². The van der Waals surface area contributed by atoms with Gasteiger partial charge in [0.2, 0.25) is 5.89 Å². The van der Waals surface area contributed by atoms with Gasteiger partial charge in [-0.2, -0.15) is 0 Å². The lowest BCUT2D eigenvalue weighted by molar-refractivity contribution is 0.136. The monoisotopic (exact) mass is 350 g/mol. The largest absolute Gasteiger partial charge is 0.439 e. The molecule has 0 bridgehead atoms. The molecule has 0 radical (unpaired) electrons. The fraction of sp³-hybridized carbons (Fsp3) is 0.300. The van der Waals surface area contributed by atoms with E-state index < -0.39 is 0 Å². The fourth-order valence-electron chi connectivity index (χ4n) is 3.18. The molecule has 1 aliphatic rings. The molecular weight excluding hydrogens is 328 g/mol. The van der Waals surface area contributed by atoms with Crippen LogP contribution in [-0.4, -0.2) is 47.0 Å². The third kappa shape index (κ3) is 3.70. The third-order valence-corrected chi connectivity index (χ3v) is 4.63. The summed E-state index contributed by atoms with van der Waals surface area (Å²) in [5.74, 6) is 0.729.